The molecule has 4 nitrogen and oxygen atoms in total. The molecule has 2 rings (SSSR count). The smallest absolute Gasteiger partial charge is 0.118 e. The van der Waals surface area contributed by atoms with Crippen LogP contribution in [-0.2, 0) is 19.5 Å². The summed E-state index contributed by atoms with van der Waals surface area (Å²) in [4.78, 5) is 0. The van der Waals surface area contributed by atoms with Gasteiger partial charge < -0.3 is 10.4 Å². The SMILES string of the molecule is C=CCn1cc(CNCCCc2ccccc2O)c(C)n1. The summed E-state index contributed by atoms with van der Waals surface area (Å²) in [5.74, 6) is 0.388. The van der Waals surface area contributed by atoms with E-state index in [4.69, 9.17) is 0 Å². The van der Waals surface area contributed by atoms with Crippen molar-refractivity contribution in [1.29, 1.82) is 0 Å². The number of hydrogen-bond donors (Lipinski definition) is 2. The lowest BCUT2D eigenvalue weighted by Crippen LogP contribution is -2.15. The van der Waals surface area contributed by atoms with Gasteiger partial charge in [-0.1, -0.05) is 24.3 Å². The first-order valence-electron chi connectivity index (χ1n) is 7.32. The molecule has 0 amide bonds. The molecule has 0 aliphatic rings. The fourth-order valence-corrected chi connectivity index (χ4v) is 2.31. The molecule has 0 aliphatic heterocycles. The van der Waals surface area contributed by atoms with Crippen molar-refractivity contribution in [3.8, 4) is 5.75 Å². The average Bonchev–Trinajstić information content (AvgIpc) is 2.81. The van der Waals surface area contributed by atoms with Crippen LogP contribution in [0.1, 0.15) is 23.2 Å². The van der Waals surface area contributed by atoms with E-state index in [-0.39, 0.29) is 0 Å². The number of aromatic nitrogens is 2. The van der Waals surface area contributed by atoms with Gasteiger partial charge in [0.25, 0.3) is 0 Å². The number of benzene rings is 1. The predicted octanol–water partition coefficient (Wildman–Crippen LogP) is 2.81. The zero-order chi connectivity index (χ0) is 15.1. The molecule has 112 valence electrons. The quantitative estimate of drug-likeness (QED) is 0.579. The maximum absolute atomic E-state index is 9.70. The molecule has 0 fully saturated rings. The van der Waals surface area contributed by atoms with Crippen LogP contribution in [0.4, 0.5) is 0 Å². The molecular formula is C17H23N3O. The Morgan fingerprint density at radius 3 is 2.90 bits per heavy atom. The van der Waals surface area contributed by atoms with Gasteiger partial charge in [0, 0.05) is 18.3 Å². The Morgan fingerprint density at radius 2 is 2.14 bits per heavy atom. The van der Waals surface area contributed by atoms with Gasteiger partial charge >= 0.3 is 0 Å². The Labute approximate surface area is 126 Å². The number of aryl methyl sites for hydroxylation is 2. The maximum Gasteiger partial charge on any atom is 0.118 e. The molecule has 0 atom stereocenters. The van der Waals surface area contributed by atoms with Crippen LogP contribution >= 0.6 is 0 Å². The lowest BCUT2D eigenvalue weighted by Gasteiger charge is -2.05. The summed E-state index contributed by atoms with van der Waals surface area (Å²) >= 11 is 0. The Hall–Kier alpha value is -2.07. The second-order valence-electron chi connectivity index (χ2n) is 5.16. The van der Waals surface area contributed by atoms with E-state index in [0.29, 0.717) is 5.75 Å². The molecule has 2 N–H and O–H groups in total. The highest BCUT2D eigenvalue weighted by Gasteiger charge is 2.04. The van der Waals surface area contributed by atoms with Gasteiger partial charge in [0.2, 0.25) is 0 Å². The van der Waals surface area contributed by atoms with Crippen molar-refractivity contribution in [2.45, 2.75) is 32.9 Å². The number of nitrogens with one attached hydrogen (secondary N) is 1. The van der Waals surface area contributed by atoms with Crippen molar-refractivity contribution in [1.82, 2.24) is 15.1 Å². The van der Waals surface area contributed by atoms with Crippen molar-refractivity contribution in [2.75, 3.05) is 6.54 Å². The number of aromatic hydroxyl groups is 1. The Balaban J connectivity index is 1.72. The molecule has 1 aromatic carbocycles. The summed E-state index contributed by atoms with van der Waals surface area (Å²) in [6, 6.07) is 7.51. The third-order valence-corrected chi connectivity index (χ3v) is 3.47. The lowest BCUT2D eigenvalue weighted by molar-refractivity contribution is 0.466. The van der Waals surface area contributed by atoms with Gasteiger partial charge in [-0.3, -0.25) is 4.68 Å². The van der Waals surface area contributed by atoms with Crippen LogP contribution < -0.4 is 5.32 Å². The second kappa shape index (κ2) is 7.64. The Bertz CT molecular complexity index is 589. The van der Waals surface area contributed by atoms with E-state index < -0.39 is 0 Å². The molecule has 0 unspecified atom stereocenters. The van der Waals surface area contributed by atoms with E-state index in [0.717, 1.165) is 43.7 Å². The number of rotatable bonds is 8. The van der Waals surface area contributed by atoms with Crippen molar-refractivity contribution in [2.24, 2.45) is 0 Å². The fourth-order valence-electron chi connectivity index (χ4n) is 2.31. The molecule has 21 heavy (non-hydrogen) atoms. The zero-order valence-corrected chi connectivity index (χ0v) is 12.5. The summed E-state index contributed by atoms with van der Waals surface area (Å²) in [6.07, 6.45) is 5.79. The van der Waals surface area contributed by atoms with Crippen molar-refractivity contribution >= 4 is 0 Å². The molecule has 1 aromatic heterocycles. The maximum atomic E-state index is 9.70. The Morgan fingerprint density at radius 1 is 1.33 bits per heavy atom. The van der Waals surface area contributed by atoms with Gasteiger partial charge in [-0.2, -0.15) is 5.10 Å². The van der Waals surface area contributed by atoms with Crippen molar-refractivity contribution in [3.63, 3.8) is 0 Å². The highest BCUT2D eigenvalue weighted by molar-refractivity contribution is 5.31. The second-order valence-corrected chi connectivity index (χ2v) is 5.16. The van der Waals surface area contributed by atoms with Crippen LogP contribution in [0.15, 0.2) is 43.1 Å². The van der Waals surface area contributed by atoms with Gasteiger partial charge in [-0.25, -0.2) is 0 Å². The van der Waals surface area contributed by atoms with Crippen LogP contribution in [0, 0.1) is 6.92 Å². The molecule has 2 aromatic rings. The first-order valence-corrected chi connectivity index (χ1v) is 7.32. The summed E-state index contributed by atoms with van der Waals surface area (Å²) < 4.78 is 1.90. The summed E-state index contributed by atoms with van der Waals surface area (Å²) in [6.45, 7) is 8.23. The minimum absolute atomic E-state index is 0.388. The van der Waals surface area contributed by atoms with Crippen molar-refractivity contribution in [3.05, 3.63) is 59.9 Å². The van der Waals surface area contributed by atoms with E-state index in [1.807, 2.05) is 35.9 Å². The number of hydrogen-bond acceptors (Lipinski definition) is 3. The van der Waals surface area contributed by atoms with E-state index in [2.05, 4.69) is 23.2 Å². The zero-order valence-electron chi connectivity index (χ0n) is 12.5. The average molecular weight is 285 g/mol. The molecule has 0 bridgehead atoms. The molecule has 0 saturated carbocycles. The monoisotopic (exact) mass is 285 g/mol. The van der Waals surface area contributed by atoms with E-state index in [9.17, 15) is 5.11 Å². The van der Waals surface area contributed by atoms with Crippen molar-refractivity contribution < 1.29 is 5.11 Å². The van der Waals surface area contributed by atoms with Gasteiger partial charge in [-0.15, -0.1) is 6.58 Å². The summed E-state index contributed by atoms with van der Waals surface area (Å²) in [7, 11) is 0. The highest BCUT2D eigenvalue weighted by atomic mass is 16.3. The molecular weight excluding hydrogens is 262 g/mol. The summed E-state index contributed by atoms with van der Waals surface area (Å²) in [5.41, 5.74) is 3.29. The van der Waals surface area contributed by atoms with Gasteiger partial charge in [0.1, 0.15) is 5.75 Å². The third kappa shape index (κ3) is 4.46. The molecule has 1 heterocycles. The van der Waals surface area contributed by atoms with Crippen LogP contribution in [0.2, 0.25) is 0 Å². The topological polar surface area (TPSA) is 50.1 Å². The normalized spacial score (nSPS) is 10.7. The summed E-state index contributed by atoms with van der Waals surface area (Å²) in [5, 5.41) is 17.6. The minimum atomic E-state index is 0.388. The van der Waals surface area contributed by atoms with Gasteiger partial charge in [-0.05, 0) is 37.9 Å². The first-order chi connectivity index (χ1) is 10.2. The molecule has 0 aliphatic carbocycles. The first kappa shape index (κ1) is 15.3. The number of allylic oxidation sites excluding steroid dienone is 1. The number of nitrogens with zero attached hydrogens (tertiary/aromatic N) is 2. The minimum Gasteiger partial charge on any atom is -0.508 e. The molecule has 0 radical (unpaired) electrons. The van der Waals surface area contributed by atoms with Crippen LogP contribution in [-0.4, -0.2) is 21.4 Å². The van der Waals surface area contributed by atoms with Crippen LogP contribution in [0.3, 0.4) is 0 Å². The van der Waals surface area contributed by atoms with E-state index in [1.54, 1.807) is 6.07 Å². The lowest BCUT2D eigenvalue weighted by atomic mass is 10.1. The standard InChI is InChI=1S/C17H23N3O/c1-3-11-20-13-16(14(2)19-20)12-18-10-6-8-15-7-4-5-9-17(15)21/h3-5,7,9,13,18,21H,1,6,8,10-12H2,2H3. The van der Waals surface area contributed by atoms with E-state index in [1.165, 1.54) is 5.56 Å². The van der Waals surface area contributed by atoms with E-state index >= 15 is 0 Å². The largest absolute Gasteiger partial charge is 0.508 e. The third-order valence-electron chi connectivity index (χ3n) is 3.47. The van der Waals surface area contributed by atoms with Gasteiger partial charge in [0.15, 0.2) is 0 Å². The predicted molar refractivity (Wildman–Crippen MR) is 85.3 cm³/mol. The van der Waals surface area contributed by atoms with Crippen LogP contribution in [0.5, 0.6) is 5.75 Å². The van der Waals surface area contributed by atoms with Crippen LogP contribution in [0.25, 0.3) is 0 Å². The van der Waals surface area contributed by atoms with Gasteiger partial charge in [0.05, 0.1) is 12.2 Å². The number of para-hydroxylation sites is 1. The highest BCUT2D eigenvalue weighted by Crippen LogP contribution is 2.16. The number of phenolic OH excluding ortho intramolecular Hbond substituents is 1. The molecule has 4 heteroatoms. The fraction of sp³-hybridized carbons (Fsp3) is 0.353. The molecule has 0 spiro atoms. The molecule has 0 saturated heterocycles. The Kier molecular flexibility index (Phi) is 5.58. The number of phenols is 1.